The number of thiazole rings is 1. The van der Waals surface area contributed by atoms with Gasteiger partial charge in [-0.1, -0.05) is 19.1 Å². The maximum Gasteiger partial charge on any atom is 0.240 e. The lowest BCUT2D eigenvalue weighted by atomic mass is 10.2. The first-order chi connectivity index (χ1) is 10.0. The predicted molar refractivity (Wildman–Crippen MR) is 84.7 cm³/mol. The normalized spacial score (nSPS) is 11.7. The number of aryl methyl sites for hydroxylation is 1. The van der Waals surface area contributed by atoms with Gasteiger partial charge < -0.3 is 5.32 Å². The molecule has 0 fully saturated rings. The van der Waals surface area contributed by atoms with E-state index in [1.807, 2.05) is 19.9 Å². The van der Waals surface area contributed by atoms with Gasteiger partial charge in [-0.3, -0.25) is 0 Å². The fourth-order valence-corrected chi connectivity index (χ4v) is 3.73. The van der Waals surface area contributed by atoms with Crippen LogP contribution in [0.2, 0.25) is 0 Å². The highest BCUT2D eigenvalue weighted by Gasteiger charge is 2.14. The number of benzene rings is 1. The Morgan fingerprint density at radius 3 is 2.76 bits per heavy atom. The van der Waals surface area contributed by atoms with Gasteiger partial charge in [-0.2, -0.15) is 0 Å². The molecule has 0 amide bonds. The minimum Gasteiger partial charge on any atom is -0.313 e. The third-order valence-electron chi connectivity index (χ3n) is 2.89. The lowest BCUT2D eigenvalue weighted by Crippen LogP contribution is -2.23. The zero-order valence-electron chi connectivity index (χ0n) is 12.1. The number of aromatic nitrogens is 1. The first-order valence-electron chi connectivity index (χ1n) is 6.72. The Hall–Kier alpha value is -1.28. The summed E-state index contributed by atoms with van der Waals surface area (Å²) in [6.07, 6.45) is 1.70. The second-order valence-electron chi connectivity index (χ2n) is 4.60. The quantitative estimate of drug-likeness (QED) is 0.817. The van der Waals surface area contributed by atoms with Crippen molar-refractivity contribution in [2.24, 2.45) is 0 Å². The molecule has 5 nitrogen and oxygen atoms in total. The van der Waals surface area contributed by atoms with Gasteiger partial charge in [0.05, 0.1) is 9.90 Å². The molecular weight excluding hydrogens is 306 g/mol. The predicted octanol–water partition coefficient (Wildman–Crippen LogP) is 2.04. The summed E-state index contributed by atoms with van der Waals surface area (Å²) in [7, 11) is -3.50. The van der Waals surface area contributed by atoms with Crippen LogP contribution >= 0.6 is 11.3 Å². The van der Waals surface area contributed by atoms with E-state index in [1.165, 1.54) is 11.3 Å². The van der Waals surface area contributed by atoms with Crippen molar-refractivity contribution in [2.45, 2.75) is 31.8 Å². The molecule has 0 saturated carbocycles. The summed E-state index contributed by atoms with van der Waals surface area (Å²) in [6.45, 7) is 5.69. The summed E-state index contributed by atoms with van der Waals surface area (Å²) in [5.74, 6) is 0. The van der Waals surface area contributed by atoms with E-state index in [1.54, 1.807) is 24.4 Å². The molecule has 21 heavy (non-hydrogen) atoms. The largest absolute Gasteiger partial charge is 0.313 e. The summed E-state index contributed by atoms with van der Waals surface area (Å²) in [6, 6.07) is 6.98. The van der Waals surface area contributed by atoms with E-state index in [0.717, 1.165) is 22.0 Å². The topological polar surface area (TPSA) is 71.1 Å². The van der Waals surface area contributed by atoms with Crippen LogP contribution in [0.4, 0.5) is 0 Å². The van der Waals surface area contributed by atoms with Crippen molar-refractivity contribution in [3.8, 4) is 0 Å². The molecule has 0 spiro atoms. The molecule has 0 aliphatic rings. The molecule has 1 heterocycles. The highest BCUT2D eigenvalue weighted by atomic mass is 32.2. The number of rotatable bonds is 7. The van der Waals surface area contributed by atoms with Crippen LogP contribution in [0.3, 0.4) is 0 Å². The van der Waals surface area contributed by atoms with Gasteiger partial charge in [0.15, 0.2) is 0 Å². The first kappa shape index (κ1) is 16.1. The molecule has 0 unspecified atom stereocenters. The van der Waals surface area contributed by atoms with Gasteiger partial charge in [0.25, 0.3) is 0 Å². The number of hydrogen-bond acceptors (Lipinski definition) is 5. The summed E-state index contributed by atoms with van der Waals surface area (Å²) < 4.78 is 27.2. The van der Waals surface area contributed by atoms with Crippen LogP contribution in [0, 0.1) is 6.92 Å². The molecule has 0 bridgehead atoms. The fourth-order valence-electron chi connectivity index (χ4n) is 1.83. The Labute approximate surface area is 129 Å². The fraction of sp³-hybridized carbons (Fsp3) is 0.357. The van der Waals surface area contributed by atoms with Crippen LogP contribution in [0.1, 0.15) is 22.4 Å². The lowest BCUT2D eigenvalue weighted by molar-refractivity contribution is 0.581. The van der Waals surface area contributed by atoms with E-state index in [4.69, 9.17) is 0 Å². The molecule has 2 aromatic rings. The minimum absolute atomic E-state index is 0.269. The third kappa shape index (κ3) is 4.60. The van der Waals surface area contributed by atoms with Gasteiger partial charge in [0.1, 0.15) is 0 Å². The molecule has 7 heteroatoms. The van der Waals surface area contributed by atoms with Crippen molar-refractivity contribution in [2.75, 3.05) is 6.54 Å². The van der Waals surface area contributed by atoms with E-state index < -0.39 is 10.0 Å². The van der Waals surface area contributed by atoms with Gasteiger partial charge in [-0.05, 0) is 31.2 Å². The summed E-state index contributed by atoms with van der Waals surface area (Å²) in [5.41, 5.74) is 0.952. The van der Waals surface area contributed by atoms with Gasteiger partial charge in [0.2, 0.25) is 10.0 Å². The van der Waals surface area contributed by atoms with Crippen LogP contribution < -0.4 is 10.0 Å². The SMILES string of the molecule is CCNCc1cccc(S(=O)(=O)NCc2cnc(C)s2)c1. The summed E-state index contributed by atoms with van der Waals surface area (Å²) in [5, 5.41) is 4.11. The van der Waals surface area contributed by atoms with Crippen molar-refractivity contribution < 1.29 is 8.42 Å². The zero-order chi connectivity index (χ0) is 15.3. The zero-order valence-corrected chi connectivity index (χ0v) is 13.7. The summed E-state index contributed by atoms with van der Waals surface area (Å²) >= 11 is 1.49. The second-order valence-corrected chi connectivity index (χ2v) is 7.68. The molecule has 0 atom stereocenters. The third-order valence-corrected chi connectivity index (χ3v) is 5.21. The summed E-state index contributed by atoms with van der Waals surface area (Å²) in [4.78, 5) is 5.31. The standard InChI is InChI=1S/C14H19N3O2S2/c1-3-15-8-12-5-4-6-14(7-12)21(18,19)17-10-13-9-16-11(2)20-13/h4-7,9,15,17H,3,8,10H2,1-2H3. The molecule has 1 aromatic heterocycles. The maximum atomic E-state index is 12.3. The van der Waals surface area contributed by atoms with E-state index in [9.17, 15) is 8.42 Å². The van der Waals surface area contributed by atoms with E-state index in [0.29, 0.717) is 11.4 Å². The Bertz CT molecular complexity index is 696. The number of nitrogens with one attached hydrogen (secondary N) is 2. The Morgan fingerprint density at radius 1 is 1.29 bits per heavy atom. The average molecular weight is 325 g/mol. The molecule has 0 aliphatic heterocycles. The van der Waals surface area contributed by atoms with Crippen LogP contribution in [-0.2, 0) is 23.1 Å². The van der Waals surface area contributed by atoms with Crippen LogP contribution in [0.5, 0.6) is 0 Å². The maximum absolute atomic E-state index is 12.3. The molecular formula is C14H19N3O2S2. The number of sulfonamides is 1. The smallest absolute Gasteiger partial charge is 0.240 e. The first-order valence-corrected chi connectivity index (χ1v) is 9.02. The molecule has 2 N–H and O–H groups in total. The lowest BCUT2D eigenvalue weighted by Gasteiger charge is -2.08. The van der Waals surface area contributed by atoms with Crippen LogP contribution in [-0.4, -0.2) is 19.9 Å². The molecule has 1 aromatic carbocycles. The number of hydrogen-bond donors (Lipinski definition) is 2. The van der Waals surface area contributed by atoms with Crippen LogP contribution in [0.15, 0.2) is 35.4 Å². The van der Waals surface area contributed by atoms with E-state index >= 15 is 0 Å². The Balaban J connectivity index is 2.08. The Morgan fingerprint density at radius 2 is 2.10 bits per heavy atom. The van der Waals surface area contributed by atoms with Crippen molar-refractivity contribution in [1.29, 1.82) is 0 Å². The van der Waals surface area contributed by atoms with Gasteiger partial charge in [-0.15, -0.1) is 11.3 Å². The van der Waals surface area contributed by atoms with E-state index in [2.05, 4.69) is 15.0 Å². The average Bonchev–Trinajstić information content (AvgIpc) is 2.89. The molecule has 0 aliphatic carbocycles. The van der Waals surface area contributed by atoms with Crippen LogP contribution in [0.25, 0.3) is 0 Å². The molecule has 0 radical (unpaired) electrons. The van der Waals surface area contributed by atoms with Crippen molar-refractivity contribution in [3.63, 3.8) is 0 Å². The van der Waals surface area contributed by atoms with E-state index in [-0.39, 0.29) is 6.54 Å². The highest BCUT2D eigenvalue weighted by Crippen LogP contribution is 2.15. The second kappa shape index (κ2) is 7.13. The van der Waals surface area contributed by atoms with Gasteiger partial charge in [-0.25, -0.2) is 18.1 Å². The molecule has 2 rings (SSSR count). The monoisotopic (exact) mass is 325 g/mol. The highest BCUT2D eigenvalue weighted by molar-refractivity contribution is 7.89. The Kier molecular flexibility index (Phi) is 5.46. The van der Waals surface area contributed by atoms with Gasteiger partial charge in [0, 0.05) is 24.2 Å². The minimum atomic E-state index is -3.50. The van der Waals surface area contributed by atoms with Crippen molar-refractivity contribution >= 4 is 21.4 Å². The van der Waals surface area contributed by atoms with Crippen molar-refractivity contribution in [1.82, 2.24) is 15.0 Å². The molecule has 114 valence electrons. The molecule has 0 saturated heterocycles. The van der Waals surface area contributed by atoms with Crippen molar-refractivity contribution in [3.05, 3.63) is 45.9 Å². The number of nitrogens with zero attached hydrogens (tertiary/aromatic N) is 1. The van der Waals surface area contributed by atoms with Gasteiger partial charge >= 0.3 is 0 Å².